The van der Waals surface area contributed by atoms with Crippen LogP contribution in [-0.4, -0.2) is 59.1 Å². The molecule has 9 heteroatoms. The fourth-order valence-corrected chi connectivity index (χ4v) is 4.45. The van der Waals surface area contributed by atoms with Crippen LogP contribution in [0.5, 0.6) is 5.75 Å². The van der Waals surface area contributed by atoms with Crippen LogP contribution in [0.1, 0.15) is 17.4 Å². The number of aromatic nitrogens is 3. The number of rotatable bonds is 9. The molecule has 2 heterocycles. The van der Waals surface area contributed by atoms with Gasteiger partial charge < -0.3 is 15.0 Å². The summed E-state index contributed by atoms with van der Waals surface area (Å²) in [6.07, 6.45) is 0. The first-order valence-electron chi connectivity index (χ1n) is 9.14. The van der Waals surface area contributed by atoms with Crippen LogP contribution in [0.4, 0.5) is 0 Å². The quantitative estimate of drug-likeness (QED) is 0.525. The largest absolute Gasteiger partial charge is 0.497 e. The van der Waals surface area contributed by atoms with E-state index in [1.165, 1.54) is 17.3 Å². The highest BCUT2D eigenvalue weighted by molar-refractivity contribution is 7.99. The van der Waals surface area contributed by atoms with Gasteiger partial charge in [0.25, 0.3) is 0 Å². The molecule has 29 heavy (non-hydrogen) atoms. The number of nitrogens with one attached hydrogen (secondary N) is 1. The van der Waals surface area contributed by atoms with E-state index in [9.17, 15) is 4.79 Å². The molecule has 7 nitrogen and oxygen atoms in total. The highest BCUT2D eigenvalue weighted by Gasteiger charge is 2.17. The van der Waals surface area contributed by atoms with Crippen LogP contribution in [0, 0.1) is 6.92 Å². The summed E-state index contributed by atoms with van der Waals surface area (Å²) < 4.78 is 7.15. The summed E-state index contributed by atoms with van der Waals surface area (Å²) in [4.78, 5) is 14.5. The molecule has 0 fully saturated rings. The van der Waals surface area contributed by atoms with Gasteiger partial charge in [0.2, 0.25) is 5.91 Å². The van der Waals surface area contributed by atoms with E-state index in [0.29, 0.717) is 11.7 Å². The van der Waals surface area contributed by atoms with E-state index >= 15 is 0 Å². The number of methoxy groups -OCH3 is 1. The molecule has 1 atom stereocenters. The fourth-order valence-electron chi connectivity index (χ4n) is 2.92. The number of carbonyl (C=O) groups is 1. The number of thiophene rings is 1. The fraction of sp³-hybridized carbons (Fsp3) is 0.350. The minimum atomic E-state index is -0.0287. The van der Waals surface area contributed by atoms with Gasteiger partial charge >= 0.3 is 0 Å². The summed E-state index contributed by atoms with van der Waals surface area (Å²) >= 11 is 3.03. The van der Waals surface area contributed by atoms with Crippen molar-refractivity contribution in [3.8, 4) is 11.4 Å². The van der Waals surface area contributed by atoms with E-state index in [2.05, 4.69) is 37.2 Å². The van der Waals surface area contributed by atoms with Crippen LogP contribution in [0.25, 0.3) is 5.69 Å². The number of hydrogen-bond acceptors (Lipinski definition) is 7. The zero-order chi connectivity index (χ0) is 20.8. The number of thioether (sulfide) groups is 1. The SMILES string of the molecule is COc1ccc(-n2c(C)nnc2SCC(=O)NCC(c2ccsc2)N(C)C)cc1. The molecule has 0 bridgehead atoms. The standard InChI is InChI=1S/C20H25N5O2S2/c1-14-22-23-20(25(14)16-5-7-17(27-4)8-6-16)29-13-19(26)21-11-18(24(2)3)15-9-10-28-12-15/h5-10,12,18H,11,13H2,1-4H3,(H,21,26). The molecule has 0 radical (unpaired) electrons. The highest BCUT2D eigenvalue weighted by Crippen LogP contribution is 2.24. The van der Waals surface area contributed by atoms with Crippen molar-refractivity contribution in [3.63, 3.8) is 0 Å². The van der Waals surface area contributed by atoms with Crippen molar-refractivity contribution < 1.29 is 9.53 Å². The molecule has 1 aromatic carbocycles. The van der Waals surface area contributed by atoms with Crippen molar-refractivity contribution in [2.75, 3.05) is 33.5 Å². The summed E-state index contributed by atoms with van der Waals surface area (Å²) in [7, 11) is 5.67. The van der Waals surface area contributed by atoms with E-state index in [4.69, 9.17) is 4.74 Å². The van der Waals surface area contributed by atoms with Gasteiger partial charge in [0, 0.05) is 12.2 Å². The third-order valence-electron chi connectivity index (χ3n) is 4.50. The average molecular weight is 432 g/mol. The molecule has 1 amide bonds. The van der Waals surface area contributed by atoms with Crippen molar-refractivity contribution in [3.05, 3.63) is 52.5 Å². The second kappa shape index (κ2) is 9.91. The topological polar surface area (TPSA) is 72.3 Å². The molecule has 3 aromatic rings. The lowest BCUT2D eigenvalue weighted by atomic mass is 10.1. The zero-order valence-corrected chi connectivity index (χ0v) is 18.6. The summed E-state index contributed by atoms with van der Waals surface area (Å²) in [5.74, 6) is 1.80. The van der Waals surface area contributed by atoms with E-state index in [1.807, 2.05) is 49.9 Å². The van der Waals surface area contributed by atoms with Crippen LogP contribution in [0.15, 0.2) is 46.2 Å². The van der Waals surface area contributed by atoms with Crippen LogP contribution in [-0.2, 0) is 4.79 Å². The maximum Gasteiger partial charge on any atom is 0.230 e. The molecule has 1 N–H and O–H groups in total. The smallest absolute Gasteiger partial charge is 0.230 e. The average Bonchev–Trinajstić information content (AvgIpc) is 3.36. The first-order chi connectivity index (χ1) is 14.0. The Hall–Kier alpha value is -2.36. The van der Waals surface area contributed by atoms with Gasteiger partial charge in [-0.25, -0.2) is 0 Å². The van der Waals surface area contributed by atoms with Gasteiger partial charge in [-0.15, -0.1) is 10.2 Å². The number of aryl methyl sites for hydroxylation is 1. The normalized spacial score (nSPS) is 12.2. The maximum atomic E-state index is 12.4. The molecular formula is C20H25N5O2S2. The van der Waals surface area contributed by atoms with E-state index in [1.54, 1.807) is 18.4 Å². The second-order valence-corrected chi connectivity index (χ2v) is 8.41. The number of amides is 1. The van der Waals surface area contributed by atoms with Crippen molar-refractivity contribution in [2.45, 2.75) is 18.1 Å². The van der Waals surface area contributed by atoms with Gasteiger partial charge in [0.15, 0.2) is 5.16 Å². The van der Waals surface area contributed by atoms with Gasteiger partial charge in [0.1, 0.15) is 11.6 Å². The molecule has 0 aliphatic heterocycles. The Kier molecular flexibility index (Phi) is 7.29. The Morgan fingerprint density at radius 1 is 1.28 bits per heavy atom. The summed E-state index contributed by atoms with van der Waals surface area (Å²) in [5, 5.41) is 16.3. The third kappa shape index (κ3) is 5.37. The Bertz CT molecular complexity index is 923. The molecule has 0 aliphatic rings. The molecule has 3 rings (SSSR count). The van der Waals surface area contributed by atoms with E-state index in [0.717, 1.165) is 17.3 Å². The molecule has 0 spiro atoms. The lowest BCUT2D eigenvalue weighted by Gasteiger charge is -2.23. The maximum absolute atomic E-state index is 12.4. The number of carbonyl (C=O) groups excluding carboxylic acids is 1. The number of hydrogen-bond donors (Lipinski definition) is 1. The summed E-state index contributed by atoms with van der Waals surface area (Å²) in [5.41, 5.74) is 2.14. The monoisotopic (exact) mass is 431 g/mol. The van der Waals surface area contributed by atoms with Crippen molar-refractivity contribution >= 4 is 29.0 Å². The van der Waals surface area contributed by atoms with Crippen LogP contribution in [0.2, 0.25) is 0 Å². The highest BCUT2D eigenvalue weighted by atomic mass is 32.2. The van der Waals surface area contributed by atoms with Crippen molar-refractivity contribution in [1.29, 1.82) is 0 Å². The molecule has 1 unspecified atom stereocenters. The molecule has 2 aromatic heterocycles. The molecule has 0 saturated carbocycles. The molecular weight excluding hydrogens is 406 g/mol. The van der Waals surface area contributed by atoms with E-state index < -0.39 is 0 Å². The first kappa shape index (κ1) is 21.4. The number of likely N-dealkylation sites (N-methyl/N-ethyl adjacent to an activating group) is 1. The second-order valence-electron chi connectivity index (χ2n) is 6.69. The van der Waals surface area contributed by atoms with Crippen LogP contribution < -0.4 is 10.1 Å². The number of ether oxygens (including phenoxy) is 1. The Labute approximate surface area is 179 Å². The van der Waals surface area contributed by atoms with Gasteiger partial charge in [0.05, 0.1) is 18.9 Å². The summed E-state index contributed by atoms with van der Waals surface area (Å²) in [6, 6.07) is 9.92. The predicted molar refractivity (Wildman–Crippen MR) is 117 cm³/mol. The van der Waals surface area contributed by atoms with Crippen molar-refractivity contribution in [2.24, 2.45) is 0 Å². The summed E-state index contributed by atoms with van der Waals surface area (Å²) in [6.45, 7) is 2.46. The van der Waals surface area contributed by atoms with Gasteiger partial charge in [-0.05, 0) is 67.7 Å². The van der Waals surface area contributed by atoms with Crippen molar-refractivity contribution in [1.82, 2.24) is 25.0 Å². The predicted octanol–water partition coefficient (Wildman–Crippen LogP) is 3.16. The molecule has 0 aliphatic carbocycles. The molecule has 0 saturated heterocycles. The van der Waals surface area contributed by atoms with Gasteiger partial charge in [-0.2, -0.15) is 11.3 Å². The molecule has 154 valence electrons. The third-order valence-corrected chi connectivity index (χ3v) is 6.13. The minimum absolute atomic E-state index is 0.0287. The van der Waals surface area contributed by atoms with E-state index in [-0.39, 0.29) is 17.7 Å². The Balaban J connectivity index is 1.60. The Morgan fingerprint density at radius 2 is 2.03 bits per heavy atom. The number of benzene rings is 1. The van der Waals surface area contributed by atoms with Gasteiger partial charge in [-0.3, -0.25) is 9.36 Å². The first-order valence-corrected chi connectivity index (χ1v) is 11.1. The lowest BCUT2D eigenvalue weighted by molar-refractivity contribution is -0.118. The number of nitrogens with zero attached hydrogens (tertiary/aromatic N) is 4. The zero-order valence-electron chi connectivity index (χ0n) is 17.0. The van der Waals surface area contributed by atoms with Crippen LogP contribution >= 0.6 is 23.1 Å². The minimum Gasteiger partial charge on any atom is -0.497 e. The van der Waals surface area contributed by atoms with Gasteiger partial charge in [-0.1, -0.05) is 11.8 Å². The lowest BCUT2D eigenvalue weighted by Crippen LogP contribution is -2.35. The Morgan fingerprint density at radius 3 is 2.66 bits per heavy atom. The van der Waals surface area contributed by atoms with Crippen LogP contribution in [0.3, 0.4) is 0 Å².